The molecule has 0 aliphatic carbocycles. The maximum Gasteiger partial charge on any atom is 0.256 e. The molecule has 6 rings (SSSR count). The minimum Gasteiger partial charge on any atom is -0.382 e. The molecule has 3 aromatic heterocycles. The number of nitrogens with zero attached hydrogens (tertiary/aromatic N) is 5. The number of nitrogen functional groups attached to an aromatic ring is 1. The van der Waals surface area contributed by atoms with Gasteiger partial charge in [-0.1, -0.05) is 24.1 Å². The lowest BCUT2D eigenvalue weighted by molar-refractivity contribution is 0.102. The van der Waals surface area contributed by atoms with E-state index in [2.05, 4.69) is 36.4 Å². The molecule has 2 aliphatic rings. The highest BCUT2D eigenvalue weighted by atomic mass is 16.5. The number of anilines is 2. The first-order valence-corrected chi connectivity index (χ1v) is 12.3. The van der Waals surface area contributed by atoms with Gasteiger partial charge in [-0.05, 0) is 37.6 Å². The van der Waals surface area contributed by atoms with E-state index in [1.807, 2.05) is 31.3 Å². The zero-order chi connectivity index (χ0) is 25.4. The number of rotatable bonds is 5. The van der Waals surface area contributed by atoms with Crippen LogP contribution in [0.15, 0.2) is 61.1 Å². The van der Waals surface area contributed by atoms with Gasteiger partial charge in [-0.25, -0.2) is 15.0 Å². The third-order valence-electron chi connectivity index (χ3n) is 7.19. The number of pyridine rings is 1. The third-order valence-corrected chi connectivity index (χ3v) is 7.19. The molecular formula is C28H27N7O2. The highest BCUT2D eigenvalue weighted by Crippen LogP contribution is 2.43. The smallest absolute Gasteiger partial charge is 0.256 e. The standard InChI is InChI=1S/C28H27N7O2/c1-2-3-13-34-21(15-20-16-37-17-22(20)34)27-33-24(25-26(29)31-12-14-35(25)27)18-7-9-19(10-8-18)28(36)32-23-6-4-5-11-30-23/h4-12,14,20-22H,13,15-17H2,1H3,(H2,29,31)(H,30,32,36)/t20-,21-,22+/m0/s1. The number of nitrogens with one attached hydrogen (secondary N) is 1. The zero-order valence-electron chi connectivity index (χ0n) is 20.5. The van der Waals surface area contributed by atoms with Gasteiger partial charge in [-0.15, -0.1) is 5.92 Å². The van der Waals surface area contributed by atoms with Gasteiger partial charge in [0.25, 0.3) is 5.91 Å². The lowest BCUT2D eigenvalue weighted by Crippen LogP contribution is -2.35. The third kappa shape index (κ3) is 4.20. The fourth-order valence-corrected chi connectivity index (χ4v) is 5.41. The SMILES string of the molecule is CC#CCN1[C@@H]2COC[C@@H]2C[C@H]1c1nc(-c2ccc(C(=O)Nc3ccccn3)cc2)c2c(N)nccn12. The summed E-state index contributed by atoms with van der Waals surface area (Å²) < 4.78 is 7.83. The highest BCUT2D eigenvalue weighted by molar-refractivity contribution is 6.04. The number of nitrogens with two attached hydrogens (primary N) is 1. The number of imidazole rings is 1. The van der Waals surface area contributed by atoms with Crippen LogP contribution >= 0.6 is 0 Å². The number of carbonyl (C=O) groups excluding carboxylic acids is 1. The van der Waals surface area contributed by atoms with E-state index in [9.17, 15) is 4.79 Å². The van der Waals surface area contributed by atoms with Gasteiger partial charge in [-0.3, -0.25) is 14.1 Å². The molecule has 3 N–H and O–H groups in total. The van der Waals surface area contributed by atoms with E-state index in [0.29, 0.717) is 42.3 Å². The minimum absolute atomic E-state index is 0.0891. The van der Waals surface area contributed by atoms with Crippen molar-refractivity contribution in [3.63, 3.8) is 0 Å². The Kier molecular flexibility index (Phi) is 6.04. The predicted molar refractivity (Wildman–Crippen MR) is 141 cm³/mol. The van der Waals surface area contributed by atoms with Gasteiger partial charge >= 0.3 is 0 Å². The summed E-state index contributed by atoms with van der Waals surface area (Å²) in [4.78, 5) is 28.7. The van der Waals surface area contributed by atoms with Gasteiger partial charge < -0.3 is 15.8 Å². The van der Waals surface area contributed by atoms with E-state index < -0.39 is 0 Å². The first kappa shape index (κ1) is 23.2. The Morgan fingerprint density at radius 3 is 2.81 bits per heavy atom. The molecule has 0 radical (unpaired) electrons. The van der Waals surface area contributed by atoms with Crippen LogP contribution in [0.5, 0.6) is 0 Å². The molecule has 2 fully saturated rings. The number of likely N-dealkylation sites (tertiary alicyclic amines) is 1. The first-order chi connectivity index (χ1) is 18.1. The number of fused-ring (bicyclic) bond motifs is 2. The van der Waals surface area contributed by atoms with Crippen molar-refractivity contribution in [3.8, 4) is 23.1 Å². The molecule has 0 spiro atoms. The Labute approximate surface area is 214 Å². The summed E-state index contributed by atoms with van der Waals surface area (Å²) >= 11 is 0. The van der Waals surface area contributed by atoms with E-state index in [-0.39, 0.29) is 11.9 Å². The maximum atomic E-state index is 12.7. The number of benzene rings is 1. The quantitative estimate of drug-likeness (QED) is 0.410. The molecule has 1 amide bonds. The molecule has 4 aromatic rings. The number of aromatic nitrogens is 4. The van der Waals surface area contributed by atoms with Gasteiger partial charge in [0.05, 0.1) is 25.8 Å². The van der Waals surface area contributed by atoms with E-state index >= 15 is 0 Å². The van der Waals surface area contributed by atoms with E-state index in [1.165, 1.54) is 0 Å². The summed E-state index contributed by atoms with van der Waals surface area (Å²) in [6, 6.07) is 13.1. The lowest BCUT2D eigenvalue weighted by atomic mass is 10.0. The zero-order valence-corrected chi connectivity index (χ0v) is 20.5. The summed E-state index contributed by atoms with van der Waals surface area (Å²) in [6.07, 6.45) is 6.21. The molecule has 2 saturated heterocycles. The Hall–Kier alpha value is -4.26. The summed E-state index contributed by atoms with van der Waals surface area (Å²) in [6.45, 7) is 4.01. The number of ether oxygens (including phenoxy) is 1. The van der Waals surface area contributed by atoms with Crippen molar-refractivity contribution < 1.29 is 9.53 Å². The van der Waals surface area contributed by atoms with E-state index in [0.717, 1.165) is 35.6 Å². The van der Waals surface area contributed by atoms with Crippen LogP contribution in [0.3, 0.4) is 0 Å². The summed E-state index contributed by atoms with van der Waals surface area (Å²) in [7, 11) is 0. The fraction of sp³-hybridized carbons (Fsp3) is 0.286. The largest absolute Gasteiger partial charge is 0.382 e. The Morgan fingerprint density at radius 2 is 2.03 bits per heavy atom. The predicted octanol–water partition coefficient (Wildman–Crippen LogP) is 3.41. The van der Waals surface area contributed by atoms with Crippen molar-refractivity contribution in [3.05, 3.63) is 72.4 Å². The molecule has 37 heavy (non-hydrogen) atoms. The molecular weight excluding hydrogens is 466 g/mol. The van der Waals surface area contributed by atoms with Crippen molar-refractivity contribution in [2.45, 2.75) is 25.4 Å². The van der Waals surface area contributed by atoms with Crippen LogP contribution in [0.4, 0.5) is 11.6 Å². The van der Waals surface area contributed by atoms with Gasteiger partial charge in [0.1, 0.15) is 28.7 Å². The first-order valence-electron chi connectivity index (χ1n) is 12.3. The maximum absolute atomic E-state index is 12.7. The fourth-order valence-electron chi connectivity index (χ4n) is 5.41. The van der Waals surface area contributed by atoms with Crippen LogP contribution in [-0.2, 0) is 4.74 Å². The van der Waals surface area contributed by atoms with Crippen LogP contribution in [0, 0.1) is 17.8 Å². The van der Waals surface area contributed by atoms with Gasteiger partial charge in [0.2, 0.25) is 0 Å². The van der Waals surface area contributed by atoms with Crippen molar-refractivity contribution in [1.82, 2.24) is 24.3 Å². The van der Waals surface area contributed by atoms with E-state index in [1.54, 1.807) is 36.7 Å². The topological polar surface area (TPSA) is 111 Å². The second kappa shape index (κ2) is 9.65. The average molecular weight is 494 g/mol. The number of carbonyl (C=O) groups is 1. The second-order valence-electron chi connectivity index (χ2n) is 9.31. The van der Waals surface area contributed by atoms with Gasteiger partial charge in [-0.2, -0.15) is 0 Å². The normalized spacial score (nSPS) is 20.9. The van der Waals surface area contributed by atoms with Crippen molar-refractivity contribution in [1.29, 1.82) is 0 Å². The van der Waals surface area contributed by atoms with Crippen LogP contribution in [0.1, 0.15) is 35.6 Å². The lowest BCUT2D eigenvalue weighted by Gasteiger charge is -2.26. The molecule has 0 bridgehead atoms. The van der Waals surface area contributed by atoms with Crippen molar-refractivity contribution in [2.75, 3.05) is 30.8 Å². The average Bonchev–Trinajstić information content (AvgIpc) is 3.62. The number of hydrogen-bond acceptors (Lipinski definition) is 7. The Bertz CT molecular complexity index is 1500. The molecule has 1 aromatic carbocycles. The van der Waals surface area contributed by atoms with Crippen molar-refractivity contribution in [2.24, 2.45) is 5.92 Å². The number of hydrogen-bond donors (Lipinski definition) is 2. The highest BCUT2D eigenvalue weighted by Gasteiger charge is 2.46. The molecule has 9 heteroatoms. The van der Waals surface area contributed by atoms with Gasteiger partial charge in [0.15, 0.2) is 0 Å². The second-order valence-corrected chi connectivity index (χ2v) is 9.31. The van der Waals surface area contributed by atoms with Crippen LogP contribution in [-0.4, -0.2) is 56.0 Å². The summed E-state index contributed by atoms with van der Waals surface area (Å²) in [5, 5.41) is 2.81. The minimum atomic E-state index is -0.228. The van der Waals surface area contributed by atoms with Crippen LogP contribution in [0.2, 0.25) is 0 Å². The van der Waals surface area contributed by atoms with Crippen LogP contribution in [0.25, 0.3) is 16.8 Å². The summed E-state index contributed by atoms with van der Waals surface area (Å²) in [5.41, 5.74) is 9.27. The molecule has 9 nitrogen and oxygen atoms in total. The Morgan fingerprint density at radius 1 is 1.16 bits per heavy atom. The molecule has 0 saturated carbocycles. The van der Waals surface area contributed by atoms with E-state index in [4.69, 9.17) is 15.5 Å². The van der Waals surface area contributed by atoms with Gasteiger partial charge in [0, 0.05) is 41.7 Å². The van der Waals surface area contributed by atoms with Crippen molar-refractivity contribution >= 4 is 23.1 Å². The summed E-state index contributed by atoms with van der Waals surface area (Å²) in [5.74, 6) is 8.33. The molecule has 2 aliphatic heterocycles. The monoisotopic (exact) mass is 493 g/mol. The Balaban J connectivity index is 1.36. The molecule has 0 unspecified atom stereocenters. The molecule has 5 heterocycles. The van der Waals surface area contributed by atoms with Crippen LogP contribution < -0.4 is 11.1 Å². The molecule has 3 atom stereocenters. The molecule has 186 valence electrons. The number of amides is 1.